The Kier molecular flexibility index (Phi) is 4.93. The molecule has 0 saturated heterocycles. The second-order valence-corrected chi connectivity index (χ2v) is 7.70. The number of hydrogen-bond acceptors (Lipinski definition) is 3. The van der Waals surface area contributed by atoms with Crippen molar-refractivity contribution in [1.82, 2.24) is 0 Å². The Labute approximate surface area is 110 Å². The van der Waals surface area contributed by atoms with Gasteiger partial charge in [-0.1, -0.05) is 32.9 Å². The van der Waals surface area contributed by atoms with E-state index in [0.29, 0.717) is 17.9 Å². The van der Waals surface area contributed by atoms with Crippen molar-refractivity contribution in [2.45, 2.75) is 43.9 Å². The standard InChI is InChI=1S/C14H23NO2S/c1-14(2,3)12-6-8-13(9-7-12)18(16,17)11-5-4-10-15/h6-9H,4-5,10-11,15H2,1-3H3. The molecule has 0 aliphatic rings. The van der Waals surface area contributed by atoms with Crippen molar-refractivity contribution in [3.8, 4) is 0 Å². The van der Waals surface area contributed by atoms with E-state index in [1.54, 1.807) is 12.1 Å². The van der Waals surface area contributed by atoms with Gasteiger partial charge < -0.3 is 5.73 Å². The van der Waals surface area contributed by atoms with Gasteiger partial charge in [0.05, 0.1) is 10.6 Å². The van der Waals surface area contributed by atoms with Crippen molar-refractivity contribution in [2.75, 3.05) is 12.3 Å². The van der Waals surface area contributed by atoms with Crippen LogP contribution in [-0.2, 0) is 15.3 Å². The summed E-state index contributed by atoms with van der Waals surface area (Å²) in [6.45, 7) is 6.87. The summed E-state index contributed by atoms with van der Waals surface area (Å²) in [6, 6.07) is 7.21. The fourth-order valence-electron chi connectivity index (χ4n) is 1.72. The molecule has 0 aromatic heterocycles. The highest BCUT2D eigenvalue weighted by Crippen LogP contribution is 2.23. The molecule has 0 aliphatic carbocycles. The minimum absolute atomic E-state index is 0.0435. The second kappa shape index (κ2) is 5.85. The molecule has 0 unspecified atom stereocenters. The van der Waals surface area contributed by atoms with Crippen LogP contribution in [0, 0.1) is 0 Å². The lowest BCUT2D eigenvalue weighted by molar-refractivity contribution is 0.585. The zero-order valence-corrected chi connectivity index (χ0v) is 12.3. The zero-order valence-electron chi connectivity index (χ0n) is 11.4. The highest BCUT2D eigenvalue weighted by molar-refractivity contribution is 7.91. The second-order valence-electron chi connectivity index (χ2n) is 5.59. The van der Waals surface area contributed by atoms with E-state index < -0.39 is 9.84 Å². The number of sulfone groups is 1. The Morgan fingerprint density at radius 2 is 1.61 bits per heavy atom. The fourth-order valence-corrected chi connectivity index (χ4v) is 3.09. The number of nitrogens with two attached hydrogens (primary N) is 1. The summed E-state index contributed by atoms with van der Waals surface area (Å²) in [5.74, 6) is 0.180. The lowest BCUT2D eigenvalue weighted by Gasteiger charge is -2.19. The van der Waals surface area contributed by atoms with Gasteiger partial charge in [0, 0.05) is 0 Å². The van der Waals surface area contributed by atoms with Gasteiger partial charge in [0.2, 0.25) is 0 Å². The van der Waals surface area contributed by atoms with Gasteiger partial charge in [-0.3, -0.25) is 0 Å². The highest BCUT2D eigenvalue weighted by Gasteiger charge is 2.17. The van der Waals surface area contributed by atoms with Crippen molar-refractivity contribution in [1.29, 1.82) is 0 Å². The molecule has 102 valence electrons. The van der Waals surface area contributed by atoms with Crippen LogP contribution in [0.1, 0.15) is 39.2 Å². The third kappa shape index (κ3) is 4.10. The Morgan fingerprint density at radius 3 is 2.06 bits per heavy atom. The number of rotatable bonds is 5. The van der Waals surface area contributed by atoms with Crippen LogP contribution in [-0.4, -0.2) is 20.7 Å². The van der Waals surface area contributed by atoms with Crippen LogP contribution in [0.2, 0.25) is 0 Å². The van der Waals surface area contributed by atoms with Crippen LogP contribution < -0.4 is 5.73 Å². The summed E-state index contributed by atoms with van der Waals surface area (Å²) in [5, 5.41) is 0. The molecule has 1 aromatic carbocycles. The summed E-state index contributed by atoms with van der Waals surface area (Å²) in [6.07, 6.45) is 1.37. The molecule has 0 aliphatic heterocycles. The molecule has 0 radical (unpaired) electrons. The zero-order chi connectivity index (χ0) is 13.8. The first kappa shape index (κ1) is 15.2. The fraction of sp³-hybridized carbons (Fsp3) is 0.571. The maximum atomic E-state index is 12.0. The van der Waals surface area contributed by atoms with E-state index in [9.17, 15) is 8.42 Å². The van der Waals surface area contributed by atoms with Crippen molar-refractivity contribution >= 4 is 9.84 Å². The first-order chi connectivity index (χ1) is 8.27. The van der Waals surface area contributed by atoms with E-state index in [2.05, 4.69) is 20.8 Å². The summed E-state index contributed by atoms with van der Waals surface area (Å²) in [4.78, 5) is 0.410. The molecule has 0 fully saturated rings. The lowest BCUT2D eigenvalue weighted by atomic mass is 9.87. The van der Waals surface area contributed by atoms with E-state index in [1.165, 1.54) is 0 Å². The lowest BCUT2D eigenvalue weighted by Crippen LogP contribution is -2.12. The van der Waals surface area contributed by atoms with Gasteiger partial charge in [-0.15, -0.1) is 0 Å². The molecule has 1 aromatic rings. The smallest absolute Gasteiger partial charge is 0.178 e. The molecular formula is C14H23NO2S. The van der Waals surface area contributed by atoms with Gasteiger partial charge in [-0.25, -0.2) is 8.42 Å². The first-order valence-electron chi connectivity index (χ1n) is 6.31. The maximum absolute atomic E-state index is 12.0. The quantitative estimate of drug-likeness (QED) is 0.835. The van der Waals surface area contributed by atoms with Gasteiger partial charge in [0.25, 0.3) is 0 Å². The third-order valence-electron chi connectivity index (χ3n) is 2.95. The summed E-state index contributed by atoms with van der Waals surface area (Å²) in [5.41, 5.74) is 6.55. The summed E-state index contributed by atoms with van der Waals surface area (Å²) >= 11 is 0. The molecule has 1 rings (SSSR count). The Morgan fingerprint density at radius 1 is 1.06 bits per heavy atom. The molecule has 0 bridgehead atoms. The predicted octanol–water partition coefficient (Wildman–Crippen LogP) is 2.50. The van der Waals surface area contributed by atoms with Crippen molar-refractivity contribution < 1.29 is 8.42 Å². The molecule has 18 heavy (non-hydrogen) atoms. The van der Waals surface area contributed by atoms with Gasteiger partial charge in [-0.2, -0.15) is 0 Å². The molecule has 0 amide bonds. The molecule has 4 heteroatoms. The normalized spacial score (nSPS) is 12.7. The minimum Gasteiger partial charge on any atom is -0.330 e. The molecule has 2 N–H and O–H groups in total. The topological polar surface area (TPSA) is 60.2 Å². The molecule has 0 heterocycles. The number of hydrogen-bond donors (Lipinski definition) is 1. The maximum Gasteiger partial charge on any atom is 0.178 e. The van der Waals surface area contributed by atoms with Crippen molar-refractivity contribution in [3.63, 3.8) is 0 Å². The predicted molar refractivity (Wildman–Crippen MR) is 75.5 cm³/mol. The van der Waals surface area contributed by atoms with Gasteiger partial charge in [-0.05, 0) is 42.5 Å². The van der Waals surface area contributed by atoms with E-state index in [-0.39, 0.29) is 11.2 Å². The average molecular weight is 269 g/mol. The van der Waals surface area contributed by atoms with Crippen LogP contribution in [0.5, 0.6) is 0 Å². The summed E-state index contributed by atoms with van der Waals surface area (Å²) in [7, 11) is -3.15. The third-order valence-corrected chi connectivity index (χ3v) is 4.76. The highest BCUT2D eigenvalue weighted by atomic mass is 32.2. The van der Waals surface area contributed by atoms with Crippen molar-refractivity contribution in [3.05, 3.63) is 29.8 Å². The molecule has 0 saturated carbocycles. The minimum atomic E-state index is -3.15. The number of benzene rings is 1. The van der Waals surface area contributed by atoms with Crippen LogP contribution in [0.25, 0.3) is 0 Å². The molecular weight excluding hydrogens is 246 g/mol. The SMILES string of the molecule is CC(C)(C)c1ccc(S(=O)(=O)CCCCN)cc1. The Hall–Kier alpha value is -0.870. The molecule has 3 nitrogen and oxygen atoms in total. The Balaban J connectivity index is 2.85. The van der Waals surface area contributed by atoms with Gasteiger partial charge in [0.15, 0.2) is 9.84 Å². The van der Waals surface area contributed by atoms with Crippen LogP contribution in [0.15, 0.2) is 29.2 Å². The van der Waals surface area contributed by atoms with E-state index >= 15 is 0 Å². The Bertz CT molecular complexity index is 470. The molecule has 0 atom stereocenters. The summed E-state index contributed by atoms with van der Waals surface area (Å²) < 4.78 is 24.1. The first-order valence-corrected chi connectivity index (χ1v) is 7.96. The molecule has 0 spiro atoms. The average Bonchev–Trinajstić information content (AvgIpc) is 2.28. The van der Waals surface area contributed by atoms with Crippen LogP contribution in [0.3, 0.4) is 0 Å². The van der Waals surface area contributed by atoms with Crippen LogP contribution >= 0.6 is 0 Å². The van der Waals surface area contributed by atoms with E-state index in [4.69, 9.17) is 5.73 Å². The van der Waals surface area contributed by atoms with Gasteiger partial charge in [0.1, 0.15) is 0 Å². The van der Waals surface area contributed by atoms with E-state index in [1.807, 2.05) is 12.1 Å². The van der Waals surface area contributed by atoms with Crippen LogP contribution in [0.4, 0.5) is 0 Å². The van der Waals surface area contributed by atoms with E-state index in [0.717, 1.165) is 12.0 Å². The monoisotopic (exact) mass is 269 g/mol. The van der Waals surface area contributed by atoms with Gasteiger partial charge >= 0.3 is 0 Å². The van der Waals surface area contributed by atoms with Crippen molar-refractivity contribution in [2.24, 2.45) is 5.73 Å². The largest absolute Gasteiger partial charge is 0.330 e. The number of unbranched alkanes of at least 4 members (excludes halogenated alkanes) is 1.